The molecule has 1 saturated heterocycles. The van der Waals surface area contributed by atoms with Gasteiger partial charge in [0.25, 0.3) is 0 Å². The molecule has 6 nitrogen and oxygen atoms in total. The molecular weight excluding hydrogens is 332 g/mol. The zero-order valence-electron chi connectivity index (χ0n) is 14.1. The minimum absolute atomic E-state index is 0.479. The Bertz CT molecular complexity index is 884. The highest BCUT2D eigenvalue weighted by Gasteiger charge is 2.20. The van der Waals surface area contributed by atoms with Crippen LogP contribution >= 0.6 is 11.8 Å². The van der Waals surface area contributed by atoms with Gasteiger partial charge in [0.15, 0.2) is 5.65 Å². The lowest BCUT2D eigenvalue weighted by molar-refractivity contribution is 0.323. The van der Waals surface area contributed by atoms with Crippen LogP contribution in [0.4, 0.5) is 5.82 Å². The number of rotatable bonds is 4. The standard InChI is InChI=1S/C18H20N6S/c1-12-3-2-4-14(9-12)25-18-15-16(19)21-11-22-17(15)24(23-18)10-13-5-7-20-8-6-13/h4,9,11,13,20H,5-8,10H2,1H3,(H2,19,21,22). The van der Waals surface area contributed by atoms with E-state index in [1.165, 1.54) is 6.33 Å². The monoisotopic (exact) mass is 352 g/mol. The molecule has 2 aromatic heterocycles. The van der Waals surface area contributed by atoms with Crippen molar-refractivity contribution in [3.05, 3.63) is 36.2 Å². The lowest BCUT2D eigenvalue weighted by atomic mass is 9.98. The minimum Gasteiger partial charge on any atom is -0.383 e. The molecule has 3 N–H and O–H groups in total. The molecule has 3 heterocycles. The first-order chi connectivity index (χ1) is 12.2. The molecule has 0 bridgehead atoms. The lowest BCUT2D eigenvalue weighted by Gasteiger charge is -2.22. The first-order valence-electron chi connectivity index (χ1n) is 8.46. The van der Waals surface area contributed by atoms with E-state index in [0.29, 0.717) is 11.7 Å². The summed E-state index contributed by atoms with van der Waals surface area (Å²) in [5.74, 6) is 1.09. The summed E-state index contributed by atoms with van der Waals surface area (Å²) in [4.78, 5) is 9.68. The van der Waals surface area contributed by atoms with Crippen molar-refractivity contribution in [3.63, 3.8) is 0 Å². The van der Waals surface area contributed by atoms with Crippen LogP contribution in [0, 0.1) is 25.0 Å². The van der Waals surface area contributed by atoms with Gasteiger partial charge in [0.2, 0.25) is 0 Å². The number of nitrogen functional groups attached to an aromatic ring is 1. The first-order valence-corrected chi connectivity index (χ1v) is 9.28. The topological polar surface area (TPSA) is 81.7 Å². The zero-order valence-corrected chi connectivity index (χ0v) is 14.9. The number of hydrogen-bond donors (Lipinski definition) is 2. The van der Waals surface area contributed by atoms with Crippen LogP contribution in [-0.4, -0.2) is 32.8 Å². The first kappa shape index (κ1) is 16.2. The van der Waals surface area contributed by atoms with Crippen LogP contribution in [0.25, 0.3) is 11.0 Å². The molecule has 3 aromatic rings. The maximum atomic E-state index is 6.15. The Morgan fingerprint density at radius 3 is 3.00 bits per heavy atom. The number of hydrogen-bond acceptors (Lipinski definition) is 6. The smallest absolute Gasteiger partial charge is 0.164 e. The van der Waals surface area contributed by atoms with Crippen molar-refractivity contribution in [3.8, 4) is 0 Å². The molecule has 0 saturated carbocycles. The van der Waals surface area contributed by atoms with Gasteiger partial charge in [-0.3, -0.25) is 0 Å². The van der Waals surface area contributed by atoms with Gasteiger partial charge in [-0.15, -0.1) is 0 Å². The maximum absolute atomic E-state index is 6.15. The van der Waals surface area contributed by atoms with Crippen LogP contribution in [0.2, 0.25) is 0 Å². The van der Waals surface area contributed by atoms with Gasteiger partial charge < -0.3 is 11.1 Å². The van der Waals surface area contributed by atoms with Crippen LogP contribution in [0.1, 0.15) is 18.4 Å². The summed E-state index contributed by atoms with van der Waals surface area (Å²) < 4.78 is 2.00. The third-order valence-corrected chi connectivity index (χ3v) is 5.42. The summed E-state index contributed by atoms with van der Waals surface area (Å²) in [7, 11) is 0. The molecule has 0 unspecified atom stereocenters. The van der Waals surface area contributed by atoms with Gasteiger partial charge in [-0.25, -0.2) is 14.6 Å². The summed E-state index contributed by atoms with van der Waals surface area (Å²) in [5, 5.41) is 9.91. The molecule has 1 aromatic carbocycles. The number of anilines is 1. The highest BCUT2D eigenvalue weighted by atomic mass is 32.2. The van der Waals surface area contributed by atoms with Gasteiger partial charge >= 0.3 is 0 Å². The van der Waals surface area contributed by atoms with Gasteiger partial charge in [0.05, 0.1) is 5.39 Å². The molecule has 7 heteroatoms. The fourth-order valence-electron chi connectivity index (χ4n) is 3.19. The van der Waals surface area contributed by atoms with Crippen LogP contribution in [0.5, 0.6) is 0 Å². The number of nitrogens with one attached hydrogen (secondary N) is 1. The number of piperidine rings is 1. The summed E-state index contributed by atoms with van der Waals surface area (Å²) in [6, 6.07) is 10.1. The van der Waals surface area contributed by atoms with E-state index in [9.17, 15) is 0 Å². The van der Waals surface area contributed by atoms with E-state index in [1.807, 2.05) is 17.7 Å². The van der Waals surface area contributed by atoms with Crippen molar-refractivity contribution in [2.45, 2.75) is 36.2 Å². The fourth-order valence-corrected chi connectivity index (χ4v) is 4.20. The number of aryl methyl sites for hydroxylation is 1. The number of fused-ring (bicyclic) bond motifs is 1. The predicted octanol–water partition coefficient (Wildman–Crippen LogP) is 2.47. The molecule has 0 amide bonds. The summed E-state index contributed by atoms with van der Waals surface area (Å²) >= 11 is 1.57. The Morgan fingerprint density at radius 1 is 1.36 bits per heavy atom. The van der Waals surface area contributed by atoms with Crippen molar-refractivity contribution in [2.24, 2.45) is 5.92 Å². The zero-order chi connectivity index (χ0) is 17.2. The van der Waals surface area contributed by atoms with E-state index in [2.05, 4.69) is 33.5 Å². The second-order valence-electron chi connectivity index (χ2n) is 6.38. The van der Waals surface area contributed by atoms with Crippen LogP contribution in [0.3, 0.4) is 0 Å². The summed E-state index contributed by atoms with van der Waals surface area (Å²) in [6.07, 6.45) is 3.84. The predicted molar refractivity (Wildman–Crippen MR) is 98.3 cm³/mol. The van der Waals surface area contributed by atoms with Gasteiger partial charge in [-0.2, -0.15) is 5.10 Å². The fraction of sp³-hybridized carbons (Fsp3) is 0.389. The van der Waals surface area contributed by atoms with Gasteiger partial charge in [-0.1, -0.05) is 23.9 Å². The second-order valence-corrected chi connectivity index (χ2v) is 7.45. The number of aromatic nitrogens is 4. The molecule has 0 atom stereocenters. The van der Waals surface area contributed by atoms with Gasteiger partial charge in [0.1, 0.15) is 17.2 Å². The third kappa shape index (κ3) is 3.41. The quantitative estimate of drug-likeness (QED) is 0.751. The number of nitrogens with zero attached hydrogens (tertiary/aromatic N) is 4. The van der Waals surface area contributed by atoms with Gasteiger partial charge in [0, 0.05) is 23.1 Å². The SMILES string of the molecule is Cc1c#ccc(Sc2nn(CC3CCNCC3)c3ncnc(N)c23)c1. The molecule has 1 aliphatic rings. The normalized spacial score (nSPS) is 15.4. The largest absolute Gasteiger partial charge is 0.383 e. The minimum atomic E-state index is 0.479. The average molecular weight is 352 g/mol. The lowest BCUT2D eigenvalue weighted by Crippen LogP contribution is -2.30. The highest BCUT2D eigenvalue weighted by Crippen LogP contribution is 2.34. The Labute approximate surface area is 151 Å². The van der Waals surface area contributed by atoms with Crippen molar-refractivity contribution in [1.82, 2.24) is 25.1 Å². The van der Waals surface area contributed by atoms with E-state index in [0.717, 1.165) is 59.0 Å². The molecule has 1 fully saturated rings. The molecular formula is C18H20N6S. The van der Waals surface area contributed by atoms with Gasteiger partial charge in [-0.05, 0) is 44.8 Å². The van der Waals surface area contributed by atoms with Crippen molar-refractivity contribution in [2.75, 3.05) is 18.8 Å². The summed E-state index contributed by atoms with van der Waals surface area (Å²) in [5.41, 5.74) is 8.01. The van der Waals surface area contributed by atoms with E-state index in [1.54, 1.807) is 11.8 Å². The molecule has 128 valence electrons. The van der Waals surface area contributed by atoms with Crippen LogP contribution < -0.4 is 11.1 Å². The van der Waals surface area contributed by atoms with E-state index in [4.69, 9.17) is 10.8 Å². The molecule has 25 heavy (non-hydrogen) atoms. The van der Waals surface area contributed by atoms with Crippen molar-refractivity contribution in [1.29, 1.82) is 0 Å². The second kappa shape index (κ2) is 6.90. The molecule has 0 aliphatic carbocycles. The molecule has 4 rings (SSSR count). The van der Waals surface area contributed by atoms with E-state index >= 15 is 0 Å². The number of nitrogens with two attached hydrogens (primary N) is 1. The Balaban J connectivity index is 1.70. The van der Waals surface area contributed by atoms with E-state index < -0.39 is 0 Å². The van der Waals surface area contributed by atoms with E-state index in [-0.39, 0.29) is 0 Å². The molecule has 1 aliphatic heterocycles. The average Bonchev–Trinajstić information content (AvgIpc) is 2.95. The van der Waals surface area contributed by atoms with Crippen LogP contribution in [-0.2, 0) is 6.54 Å². The summed E-state index contributed by atoms with van der Waals surface area (Å²) in [6.45, 7) is 5.01. The molecule has 0 radical (unpaired) electrons. The molecule has 0 spiro atoms. The van der Waals surface area contributed by atoms with Crippen LogP contribution in [0.15, 0.2) is 28.4 Å². The van der Waals surface area contributed by atoms with Crippen molar-refractivity contribution >= 4 is 28.6 Å². The Hall–Kier alpha value is -2.30. The highest BCUT2D eigenvalue weighted by molar-refractivity contribution is 7.99. The maximum Gasteiger partial charge on any atom is 0.164 e. The Kier molecular flexibility index (Phi) is 4.47. The van der Waals surface area contributed by atoms with Crippen molar-refractivity contribution < 1.29 is 0 Å². The Morgan fingerprint density at radius 2 is 2.20 bits per heavy atom. The third-order valence-electron chi connectivity index (χ3n) is 4.47.